The lowest BCUT2D eigenvalue weighted by Crippen LogP contribution is -2.19. The molecule has 1 rings (SSSR count). The number of nitrogens with one attached hydrogen (secondary N) is 1. The molecule has 0 aliphatic carbocycles. The maximum absolute atomic E-state index is 11.7. The van der Waals surface area contributed by atoms with Gasteiger partial charge in [0.25, 0.3) is 0 Å². The molecule has 90 valence electrons. The Bertz CT molecular complexity index is 374. The van der Waals surface area contributed by atoms with Crippen LogP contribution in [-0.2, 0) is 18.3 Å². The second-order valence-corrected chi connectivity index (χ2v) is 4.58. The standard InChI is InChI=1S/C11H18BrN3O/c1-4-13-6-5-9(16)7-10-11(12)8(2)14-15(10)3/h13H,4-7H2,1-3H3. The molecule has 1 N–H and O–H groups in total. The van der Waals surface area contributed by atoms with Crippen LogP contribution in [0.3, 0.4) is 0 Å². The Morgan fingerprint density at radius 3 is 2.75 bits per heavy atom. The van der Waals surface area contributed by atoms with Crippen molar-refractivity contribution in [1.82, 2.24) is 15.1 Å². The third-order valence-electron chi connectivity index (χ3n) is 2.46. The van der Waals surface area contributed by atoms with Crippen LogP contribution in [0.1, 0.15) is 24.7 Å². The van der Waals surface area contributed by atoms with Gasteiger partial charge in [-0.1, -0.05) is 6.92 Å². The summed E-state index contributed by atoms with van der Waals surface area (Å²) in [5.74, 6) is 0.240. The Kier molecular flexibility index (Phi) is 5.15. The van der Waals surface area contributed by atoms with Crippen molar-refractivity contribution in [3.8, 4) is 0 Å². The number of Topliss-reactive ketones (excluding diaryl/α,β-unsaturated/α-hetero) is 1. The van der Waals surface area contributed by atoms with Crippen LogP contribution in [0, 0.1) is 6.92 Å². The van der Waals surface area contributed by atoms with E-state index in [0.717, 1.165) is 29.0 Å². The fourth-order valence-corrected chi connectivity index (χ4v) is 2.03. The van der Waals surface area contributed by atoms with Crippen molar-refractivity contribution in [2.24, 2.45) is 7.05 Å². The van der Waals surface area contributed by atoms with Crippen LogP contribution >= 0.6 is 15.9 Å². The van der Waals surface area contributed by atoms with Gasteiger partial charge in [-0.05, 0) is 29.4 Å². The monoisotopic (exact) mass is 287 g/mol. The van der Waals surface area contributed by atoms with Gasteiger partial charge < -0.3 is 5.32 Å². The number of hydrogen-bond acceptors (Lipinski definition) is 3. The third kappa shape index (κ3) is 3.42. The van der Waals surface area contributed by atoms with Gasteiger partial charge in [0, 0.05) is 26.4 Å². The van der Waals surface area contributed by atoms with Crippen LogP contribution < -0.4 is 5.32 Å². The quantitative estimate of drug-likeness (QED) is 0.809. The Hall–Kier alpha value is -0.680. The molecule has 0 aliphatic heterocycles. The molecule has 0 saturated heterocycles. The number of halogens is 1. The number of hydrogen-bond donors (Lipinski definition) is 1. The number of ketones is 1. The topological polar surface area (TPSA) is 46.9 Å². The van der Waals surface area contributed by atoms with E-state index in [4.69, 9.17) is 0 Å². The summed E-state index contributed by atoms with van der Waals surface area (Å²) in [6.07, 6.45) is 1.02. The molecule has 0 bridgehead atoms. The highest BCUT2D eigenvalue weighted by molar-refractivity contribution is 9.10. The summed E-state index contributed by atoms with van der Waals surface area (Å²) >= 11 is 3.46. The van der Waals surface area contributed by atoms with E-state index in [1.165, 1.54) is 0 Å². The minimum Gasteiger partial charge on any atom is -0.317 e. The van der Waals surface area contributed by atoms with Crippen LogP contribution in [0.15, 0.2) is 4.47 Å². The summed E-state index contributed by atoms with van der Waals surface area (Å²) in [5, 5.41) is 7.41. The van der Waals surface area contributed by atoms with E-state index in [0.29, 0.717) is 12.8 Å². The third-order valence-corrected chi connectivity index (χ3v) is 3.49. The molecule has 0 aliphatic rings. The first-order valence-corrected chi connectivity index (χ1v) is 6.26. The first-order valence-electron chi connectivity index (χ1n) is 5.46. The van der Waals surface area contributed by atoms with Gasteiger partial charge in [-0.25, -0.2) is 0 Å². The second kappa shape index (κ2) is 6.15. The molecule has 0 fully saturated rings. The Morgan fingerprint density at radius 1 is 1.56 bits per heavy atom. The lowest BCUT2D eigenvalue weighted by molar-refractivity contribution is -0.118. The summed E-state index contributed by atoms with van der Waals surface area (Å²) in [7, 11) is 1.87. The summed E-state index contributed by atoms with van der Waals surface area (Å²) < 4.78 is 2.72. The molecular formula is C11H18BrN3O. The first kappa shape index (κ1) is 13.4. The molecule has 0 amide bonds. The maximum Gasteiger partial charge on any atom is 0.140 e. The molecule has 0 radical (unpaired) electrons. The van der Waals surface area contributed by atoms with Gasteiger partial charge in [0.2, 0.25) is 0 Å². The molecule has 0 atom stereocenters. The largest absolute Gasteiger partial charge is 0.317 e. The highest BCUT2D eigenvalue weighted by Crippen LogP contribution is 2.20. The molecule has 1 aromatic heterocycles. The van der Waals surface area contributed by atoms with Crippen LogP contribution in [0.25, 0.3) is 0 Å². The molecule has 16 heavy (non-hydrogen) atoms. The number of carbonyl (C=O) groups is 1. The molecule has 1 aromatic rings. The normalized spacial score (nSPS) is 10.8. The lowest BCUT2D eigenvalue weighted by atomic mass is 10.1. The predicted molar refractivity (Wildman–Crippen MR) is 67.5 cm³/mol. The van der Waals surface area contributed by atoms with Gasteiger partial charge in [0.1, 0.15) is 5.78 Å². The highest BCUT2D eigenvalue weighted by Gasteiger charge is 2.13. The number of carbonyl (C=O) groups excluding carboxylic acids is 1. The maximum atomic E-state index is 11.7. The van der Waals surface area contributed by atoms with Gasteiger partial charge in [-0.3, -0.25) is 9.48 Å². The van der Waals surface area contributed by atoms with Gasteiger partial charge in [-0.2, -0.15) is 5.10 Å². The van der Waals surface area contributed by atoms with E-state index in [9.17, 15) is 4.79 Å². The van der Waals surface area contributed by atoms with Gasteiger partial charge >= 0.3 is 0 Å². The smallest absolute Gasteiger partial charge is 0.140 e. The minimum absolute atomic E-state index is 0.240. The van der Waals surface area contributed by atoms with E-state index >= 15 is 0 Å². The summed E-state index contributed by atoms with van der Waals surface area (Å²) in [4.78, 5) is 11.7. The van der Waals surface area contributed by atoms with E-state index in [1.807, 2.05) is 20.9 Å². The fourth-order valence-electron chi connectivity index (χ4n) is 1.55. The van der Waals surface area contributed by atoms with Gasteiger partial charge in [0.15, 0.2) is 0 Å². The second-order valence-electron chi connectivity index (χ2n) is 3.79. The zero-order valence-electron chi connectivity index (χ0n) is 10.0. The van der Waals surface area contributed by atoms with Crippen LogP contribution in [0.2, 0.25) is 0 Å². The summed E-state index contributed by atoms with van der Waals surface area (Å²) in [6.45, 7) is 5.62. The van der Waals surface area contributed by atoms with E-state index in [2.05, 4.69) is 26.3 Å². The molecule has 0 unspecified atom stereocenters. The molecule has 4 nitrogen and oxygen atoms in total. The van der Waals surface area contributed by atoms with Crippen molar-refractivity contribution in [2.45, 2.75) is 26.7 Å². The van der Waals surface area contributed by atoms with Crippen molar-refractivity contribution in [3.05, 3.63) is 15.9 Å². The Balaban J connectivity index is 2.56. The SMILES string of the molecule is CCNCCC(=O)Cc1c(Br)c(C)nn1C. The van der Waals surface area contributed by atoms with Crippen molar-refractivity contribution in [1.29, 1.82) is 0 Å². The highest BCUT2D eigenvalue weighted by atomic mass is 79.9. The Morgan fingerprint density at radius 2 is 2.25 bits per heavy atom. The van der Waals surface area contributed by atoms with Crippen LogP contribution in [0.5, 0.6) is 0 Å². The number of aryl methyl sites for hydroxylation is 2. The Labute approximate surface area is 105 Å². The predicted octanol–water partition coefficient (Wildman–Crippen LogP) is 1.60. The van der Waals surface area contributed by atoms with Crippen molar-refractivity contribution >= 4 is 21.7 Å². The van der Waals surface area contributed by atoms with E-state index in [-0.39, 0.29) is 5.78 Å². The zero-order chi connectivity index (χ0) is 12.1. The number of aromatic nitrogens is 2. The van der Waals surface area contributed by atoms with Crippen molar-refractivity contribution in [3.63, 3.8) is 0 Å². The lowest BCUT2D eigenvalue weighted by Gasteiger charge is -2.03. The zero-order valence-corrected chi connectivity index (χ0v) is 11.6. The average molecular weight is 288 g/mol. The van der Waals surface area contributed by atoms with Gasteiger partial charge in [0.05, 0.1) is 15.9 Å². The summed E-state index contributed by atoms with van der Waals surface area (Å²) in [5.41, 5.74) is 1.89. The van der Waals surface area contributed by atoms with Crippen molar-refractivity contribution < 1.29 is 4.79 Å². The molecule has 0 aromatic carbocycles. The number of rotatable bonds is 6. The molecular weight excluding hydrogens is 270 g/mol. The molecule has 5 heteroatoms. The average Bonchev–Trinajstić information content (AvgIpc) is 2.46. The first-order chi connectivity index (χ1) is 7.56. The minimum atomic E-state index is 0.240. The van der Waals surface area contributed by atoms with Crippen molar-refractivity contribution in [2.75, 3.05) is 13.1 Å². The fraction of sp³-hybridized carbons (Fsp3) is 0.636. The van der Waals surface area contributed by atoms with E-state index < -0.39 is 0 Å². The molecule has 0 spiro atoms. The molecule has 0 saturated carbocycles. The van der Waals surface area contributed by atoms with E-state index in [1.54, 1.807) is 4.68 Å². The van der Waals surface area contributed by atoms with Gasteiger partial charge in [-0.15, -0.1) is 0 Å². The van der Waals surface area contributed by atoms with Crippen LogP contribution in [-0.4, -0.2) is 28.7 Å². The molecule has 1 heterocycles. The summed E-state index contributed by atoms with van der Waals surface area (Å²) in [6, 6.07) is 0. The number of nitrogens with zero attached hydrogens (tertiary/aromatic N) is 2. The van der Waals surface area contributed by atoms with Crippen LogP contribution in [0.4, 0.5) is 0 Å².